The molecule has 0 saturated carbocycles. The average molecular weight is 586 g/mol. The van der Waals surface area contributed by atoms with Gasteiger partial charge in [0.2, 0.25) is 0 Å². The third-order valence-corrected chi connectivity index (χ3v) is 6.62. The first-order chi connectivity index (χ1) is 20.7. The zero-order valence-electron chi connectivity index (χ0n) is 22.7. The van der Waals surface area contributed by atoms with Crippen LogP contribution in [0.15, 0.2) is 97.6 Å². The SMILES string of the molecule is N#Cc1cccc(-n2nc(C(F)(F)F)cc2C(=O)Nc2cccc(C(O)c3ccc(NCCCn4ccnc4)cc3)c2)c1. The number of aryl methyl sites for hydroxylation is 1. The molecule has 0 bridgehead atoms. The number of amides is 1. The fourth-order valence-electron chi connectivity index (χ4n) is 4.46. The van der Waals surface area contributed by atoms with Crippen LogP contribution >= 0.6 is 0 Å². The third-order valence-electron chi connectivity index (χ3n) is 6.62. The van der Waals surface area contributed by atoms with E-state index in [9.17, 15) is 28.3 Å². The number of halogens is 3. The first kappa shape index (κ1) is 29.1. The minimum Gasteiger partial charge on any atom is -0.385 e. The van der Waals surface area contributed by atoms with E-state index in [1.165, 1.54) is 24.3 Å². The highest BCUT2D eigenvalue weighted by atomic mass is 19.4. The van der Waals surface area contributed by atoms with Crippen molar-refractivity contribution in [1.82, 2.24) is 19.3 Å². The molecule has 0 radical (unpaired) electrons. The Labute approximate surface area is 244 Å². The lowest BCUT2D eigenvalue weighted by molar-refractivity contribution is -0.141. The number of nitrogens with one attached hydrogen (secondary N) is 2. The van der Waals surface area contributed by atoms with Gasteiger partial charge in [-0.05, 0) is 60.0 Å². The van der Waals surface area contributed by atoms with Crippen LogP contribution in [-0.2, 0) is 12.7 Å². The number of aliphatic hydroxyl groups excluding tert-OH is 1. The zero-order valence-corrected chi connectivity index (χ0v) is 22.7. The van der Waals surface area contributed by atoms with Gasteiger partial charge in [0, 0.05) is 42.9 Å². The van der Waals surface area contributed by atoms with Crippen LogP contribution in [0, 0.1) is 11.3 Å². The van der Waals surface area contributed by atoms with Gasteiger partial charge in [-0.1, -0.05) is 30.3 Å². The number of imidazole rings is 1. The maximum absolute atomic E-state index is 13.5. The molecule has 0 aliphatic rings. The number of benzene rings is 3. The topological polar surface area (TPSA) is 121 Å². The molecule has 0 fully saturated rings. The first-order valence-electron chi connectivity index (χ1n) is 13.3. The second-order valence-electron chi connectivity index (χ2n) is 9.67. The Morgan fingerprint density at radius 1 is 1.00 bits per heavy atom. The number of anilines is 2. The Morgan fingerprint density at radius 2 is 1.79 bits per heavy atom. The highest BCUT2D eigenvalue weighted by Crippen LogP contribution is 2.30. The van der Waals surface area contributed by atoms with E-state index in [1.54, 1.807) is 48.9 Å². The number of carbonyl (C=O) groups excluding carboxylic acids is 1. The molecule has 5 rings (SSSR count). The molecule has 2 aromatic heterocycles. The number of alkyl halides is 3. The summed E-state index contributed by atoms with van der Waals surface area (Å²) in [5.74, 6) is -0.847. The second kappa shape index (κ2) is 12.6. The molecule has 218 valence electrons. The average Bonchev–Trinajstić information content (AvgIpc) is 3.70. The number of hydrogen-bond acceptors (Lipinski definition) is 6. The van der Waals surface area contributed by atoms with Crippen LogP contribution in [0.1, 0.15) is 45.4 Å². The normalized spacial score (nSPS) is 12.0. The van der Waals surface area contributed by atoms with Gasteiger partial charge in [-0.25, -0.2) is 9.67 Å². The van der Waals surface area contributed by atoms with E-state index in [-0.39, 0.29) is 22.6 Å². The summed E-state index contributed by atoms with van der Waals surface area (Å²) in [6.45, 7) is 1.60. The molecule has 0 aliphatic carbocycles. The first-order valence-corrected chi connectivity index (χ1v) is 13.3. The van der Waals surface area contributed by atoms with Crippen LogP contribution in [0.2, 0.25) is 0 Å². The van der Waals surface area contributed by atoms with Crippen molar-refractivity contribution in [3.63, 3.8) is 0 Å². The molecular formula is C31H26F3N7O2. The smallest absolute Gasteiger partial charge is 0.385 e. The van der Waals surface area contributed by atoms with Gasteiger partial charge >= 0.3 is 6.18 Å². The number of hydrogen-bond donors (Lipinski definition) is 3. The zero-order chi connectivity index (χ0) is 30.4. The van der Waals surface area contributed by atoms with Crippen molar-refractivity contribution in [1.29, 1.82) is 5.26 Å². The van der Waals surface area contributed by atoms with Gasteiger partial charge in [0.25, 0.3) is 5.91 Å². The van der Waals surface area contributed by atoms with E-state index in [0.29, 0.717) is 17.2 Å². The van der Waals surface area contributed by atoms with Gasteiger partial charge in [0.15, 0.2) is 5.69 Å². The Kier molecular flexibility index (Phi) is 8.54. The van der Waals surface area contributed by atoms with Crippen LogP contribution < -0.4 is 10.6 Å². The fraction of sp³-hybridized carbons (Fsp3) is 0.161. The summed E-state index contributed by atoms with van der Waals surface area (Å²) >= 11 is 0. The number of nitrogens with zero attached hydrogens (tertiary/aromatic N) is 5. The van der Waals surface area contributed by atoms with Crippen molar-refractivity contribution in [3.8, 4) is 11.8 Å². The van der Waals surface area contributed by atoms with Crippen molar-refractivity contribution in [2.24, 2.45) is 0 Å². The predicted octanol–water partition coefficient (Wildman–Crippen LogP) is 5.80. The molecule has 9 nitrogen and oxygen atoms in total. The predicted molar refractivity (Wildman–Crippen MR) is 154 cm³/mol. The van der Waals surface area contributed by atoms with Gasteiger partial charge < -0.3 is 20.3 Å². The van der Waals surface area contributed by atoms with Crippen molar-refractivity contribution < 1.29 is 23.1 Å². The summed E-state index contributed by atoms with van der Waals surface area (Å²) in [4.78, 5) is 17.2. The maximum Gasteiger partial charge on any atom is 0.435 e. The van der Waals surface area contributed by atoms with Gasteiger partial charge in [0.05, 0.1) is 23.6 Å². The summed E-state index contributed by atoms with van der Waals surface area (Å²) in [5, 5.41) is 29.7. The van der Waals surface area contributed by atoms with E-state index >= 15 is 0 Å². The summed E-state index contributed by atoms with van der Waals surface area (Å²) in [6, 6.07) is 22.1. The molecule has 1 amide bonds. The fourth-order valence-corrected chi connectivity index (χ4v) is 4.46. The van der Waals surface area contributed by atoms with Crippen LogP contribution in [0.25, 0.3) is 5.69 Å². The quantitative estimate of drug-likeness (QED) is 0.178. The van der Waals surface area contributed by atoms with Gasteiger partial charge in [-0.15, -0.1) is 0 Å². The highest BCUT2D eigenvalue weighted by molar-refractivity contribution is 6.03. The van der Waals surface area contributed by atoms with Crippen molar-refractivity contribution in [3.05, 3.63) is 126 Å². The molecule has 0 saturated heterocycles. The minimum absolute atomic E-state index is 0.125. The number of rotatable bonds is 10. The molecule has 3 aromatic carbocycles. The molecule has 12 heteroatoms. The van der Waals surface area contributed by atoms with Crippen molar-refractivity contribution >= 4 is 17.3 Å². The lowest BCUT2D eigenvalue weighted by Gasteiger charge is -2.15. The maximum atomic E-state index is 13.5. The summed E-state index contributed by atoms with van der Waals surface area (Å²) < 4.78 is 43.3. The summed E-state index contributed by atoms with van der Waals surface area (Å²) in [7, 11) is 0. The van der Waals surface area contributed by atoms with Crippen LogP contribution in [0.3, 0.4) is 0 Å². The summed E-state index contributed by atoms with van der Waals surface area (Å²) in [5.41, 5.74) is 0.969. The Balaban J connectivity index is 1.28. The molecule has 43 heavy (non-hydrogen) atoms. The van der Waals surface area contributed by atoms with Gasteiger partial charge in [0.1, 0.15) is 11.8 Å². The van der Waals surface area contributed by atoms with E-state index in [2.05, 4.69) is 20.7 Å². The molecule has 5 aromatic rings. The highest BCUT2D eigenvalue weighted by Gasteiger charge is 2.36. The number of aromatic nitrogens is 4. The molecule has 0 aliphatic heterocycles. The molecular weight excluding hydrogens is 559 g/mol. The third kappa shape index (κ3) is 7.09. The molecule has 3 N–H and O–H groups in total. The monoisotopic (exact) mass is 585 g/mol. The second-order valence-corrected chi connectivity index (χ2v) is 9.67. The Morgan fingerprint density at radius 3 is 2.51 bits per heavy atom. The lowest BCUT2D eigenvalue weighted by atomic mass is 10.0. The van der Waals surface area contributed by atoms with Crippen molar-refractivity contribution in [2.75, 3.05) is 17.2 Å². The summed E-state index contributed by atoms with van der Waals surface area (Å²) in [6.07, 6.45) is 0.524. The van der Waals surface area contributed by atoms with Crippen LogP contribution in [0.4, 0.5) is 24.5 Å². The Hall–Kier alpha value is -5.41. The standard InChI is InChI=1S/C31H26F3N7O2/c32-31(33,34)28-18-27(41(39-28)26-7-1-4-21(16-26)19-35)30(43)38-25-6-2-5-23(17-25)29(42)22-8-10-24(11-9-22)37-12-3-14-40-15-13-36-20-40/h1-2,4-11,13,15-18,20,29,37,42H,3,12,14H2,(H,38,43). The van der Waals surface area contributed by atoms with E-state index in [0.717, 1.165) is 29.9 Å². The van der Waals surface area contributed by atoms with Crippen molar-refractivity contribution in [2.45, 2.75) is 25.2 Å². The number of nitriles is 1. The molecule has 1 atom stereocenters. The molecule has 0 spiro atoms. The number of carbonyl (C=O) groups is 1. The van der Waals surface area contributed by atoms with Gasteiger partial charge in [-0.3, -0.25) is 4.79 Å². The number of aliphatic hydroxyl groups is 1. The van der Waals surface area contributed by atoms with Crippen LogP contribution in [-0.4, -0.2) is 36.9 Å². The van der Waals surface area contributed by atoms with E-state index in [1.807, 2.05) is 29.0 Å². The minimum atomic E-state index is -4.79. The van der Waals surface area contributed by atoms with E-state index < -0.39 is 23.9 Å². The Bertz CT molecular complexity index is 1740. The van der Waals surface area contributed by atoms with Crippen LogP contribution in [0.5, 0.6) is 0 Å². The van der Waals surface area contributed by atoms with Gasteiger partial charge in [-0.2, -0.15) is 23.5 Å². The van der Waals surface area contributed by atoms with E-state index in [4.69, 9.17) is 0 Å². The largest absolute Gasteiger partial charge is 0.435 e. The molecule has 1 unspecified atom stereocenters. The molecule has 2 heterocycles. The lowest BCUT2D eigenvalue weighted by Crippen LogP contribution is -2.17.